The van der Waals surface area contributed by atoms with E-state index in [4.69, 9.17) is 28.9 Å². The maximum Gasteiger partial charge on any atom is 0.416 e. The van der Waals surface area contributed by atoms with Crippen LogP contribution in [-0.4, -0.2) is 71.1 Å². The Kier molecular flexibility index (Phi) is 7.91. The first-order valence-electron chi connectivity index (χ1n) is 11.8. The monoisotopic (exact) mass is 618 g/mol. The summed E-state index contributed by atoms with van der Waals surface area (Å²) in [7, 11) is -4.67. The SMILES string of the molecule is CC(C)N1CC2(C(N)=O)N(C(=O)[C]CN2S(=O)(=O)c2ccc(Cl)cc2Cl)C(Cc2ccc(C(F)(F)F)cc2)C1=O. The third-order valence-corrected chi connectivity index (χ3v) is 9.45. The Morgan fingerprint density at radius 2 is 1.77 bits per heavy atom. The van der Waals surface area contributed by atoms with E-state index in [0.29, 0.717) is 4.31 Å². The van der Waals surface area contributed by atoms with Crippen LogP contribution in [0.25, 0.3) is 0 Å². The van der Waals surface area contributed by atoms with Crippen molar-refractivity contribution in [2.75, 3.05) is 13.1 Å². The molecule has 2 unspecified atom stereocenters. The van der Waals surface area contributed by atoms with Crippen LogP contribution in [0.15, 0.2) is 47.4 Å². The van der Waals surface area contributed by atoms with Gasteiger partial charge in [0.2, 0.25) is 27.5 Å². The number of rotatable bonds is 6. The van der Waals surface area contributed by atoms with Crippen molar-refractivity contribution < 1.29 is 36.0 Å². The number of primary amides is 1. The quantitative estimate of drug-likeness (QED) is 0.533. The lowest BCUT2D eigenvalue weighted by molar-refractivity contribution is -0.182. The molecule has 15 heteroatoms. The molecule has 2 aromatic rings. The van der Waals surface area contributed by atoms with Gasteiger partial charge in [-0.3, -0.25) is 14.4 Å². The highest BCUT2D eigenvalue weighted by molar-refractivity contribution is 7.89. The fraction of sp³-hybridized carbons (Fsp3) is 0.360. The van der Waals surface area contributed by atoms with Crippen molar-refractivity contribution in [3.8, 4) is 0 Å². The highest BCUT2D eigenvalue weighted by Crippen LogP contribution is 2.41. The number of benzene rings is 2. The number of halogens is 5. The van der Waals surface area contributed by atoms with Gasteiger partial charge in [-0.1, -0.05) is 35.3 Å². The van der Waals surface area contributed by atoms with E-state index < -0.39 is 75.2 Å². The molecule has 214 valence electrons. The molecular weight excluding hydrogens is 596 g/mol. The Labute approximate surface area is 238 Å². The second kappa shape index (κ2) is 10.5. The number of nitrogens with zero attached hydrogens (tertiary/aromatic N) is 3. The topological polar surface area (TPSA) is 121 Å². The van der Waals surface area contributed by atoms with Crippen LogP contribution in [-0.2, 0) is 37.0 Å². The molecule has 2 aliphatic heterocycles. The van der Waals surface area contributed by atoms with E-state index in [1.165, 1.54) is 17.0 Å². The Balaban J connectivity index is 1.88. The molecule has 2 radical (unpaired) electrons. The maximum atomic E-state index is 13.9. The average Bonchev–Trinajstić information content (AvgIpc) is 2.84. The summed E-state index contributed by atoms with van der Waals surface area (Å²) in [6.45, 7) is 1.96. The zero-order valence-corrected chi connectivity index (χ0v) is 23.4. The Morgan fingerprint density at radius 3 is 2.30 bits per heavy atom. The van der Waals surface area contributed by atoms with Crippen LogP contribution in [0.2, 0.25) is 10.0 Å². The standard InChI is InChI=1S/C25H23Cl2F3N4O5S/c1-14(2)32-13-24(23(31)37)33(40(38,39)20-8-7-17(26)12-18(20)27)10-9-21(35)34(24)19(22(32)36)11-15-3-5-16(6-4-15)25(28,29)30/h3-8,12,14,19H,10-11,13H2,1-2H3,(H2,31,37). The molecule has 2 atom stereocenters. The lowest BCUT2D eigenvalue weighted by Gasteiger charge is -2.58. The van der Waals surface area contributed by atoms with Crippen molar-refractivity contribution in [2.24, 2.45) is 5.73 Å². The smallest absolute Gasteiger partial charge is 0.366 e. The van der Waals surface area contributed by atoms with Gasteiger partial charge in [0, 0.05) is 24.0 Å². The number of amides is 3. The van der Waals surface area contributed by atoms with E-state index in [1.54, 1.807) is 13.8 Å². The molecule has 0 spiro atoms. The molecule has 9 nitrogen and oxygen atoms in total. The van der Waals surface area contributed by atoms with Crippen LogP contribution in [0, 0.1) is 6.42 Å². The van der Waals surface area contributed by atoms with E-state index in [9.17, 15) is 36.0 Å². The first-order valence-corrected chi connectivity index (χ1v) is 14.0. The fourth-order valence-corrected chi connectivity index (χ4v) is 7.24. The first kappa shape index (κ1) is 30.1. The van der Waals surface area contributed by atoms with E-state index in [1.807, 2.05) is 0 Å². The lowest BCUT2D eigenvalue weighted by atomic mass is 9.90. The van der Waals surface area contributed by atoms with Gasteiger partial charge in [-0.25, -0.2) is 8.42 Å². The van der Waals surface area contributed by atoms with Crippen molar-refractivity contribution in [1.82, 2.24) is 14.1 Å². The minimum absolute atomic E-state index is 0.146. The van der Waals surface area contributed by atoms with E-state index >= 15 is 0 Å². The highest BCUT2D eigenvalue weighted by Gasteiger charge is 2.64. The van der Waals surface area contributed by atoms with Gasteiger partial charge in [-0.15, -0.1) is 0 Å². The molecule has 0 aromatic heterocycles. The van der Waals surface area contributed by atoms with Gasteiger partial charge < -0.3 is 15.5 Å². The van der Waals surface area contributed by atoms with E-state index in [-0.39, 0.29) is 22.0 Å². The van der Waals surface area contributed by atoms with Crippen molar-refractivity contribution in [3.05, 3.63) is 70.1 Å². The molecule has 2 heterocycles. The summed E-state index contributed by atoms with van der Waals surface area (Å²) < 4.78 is 67.8. The van der Waals surface area contributed by atoms with E-state index in [0.717, 1.165) is 35.2 Å². The van der Waals surface area contributed by atoms with Gasteiger partial charge in [0.1, 0.15) is 10.9 Å². The number of carbonyl (C=O) groups excluding carboxylic acids is 3. The molecule has 2 N–H and O–H groups in total. The predicted molar refractivity (Wildman–Crippen MR) is 138 cm³/mol. The Bertz CT molecular complexity index is 1470. The molecule has 2 aliphatic rings. The molecule has 2 aromatic carbocycles. The summed E-state index contributed by atoms with van der Waals surface area (Å²) in [5, 5.41) is -0.113. The van der Waals surface area contributed by atoms with Gasteiger partial charge in [-0.05, 0) is 49.7 Å². The van der Waals surface area contributed by atoms with Gasteiger partial charge in [-0.2, -0.15) is 17.5 Å². The molecule has 2 saturated heterocycles. The summed E-state index contributed by atoms with van der Waals surface area (Å²) in [6.07, 6.45) is -2.57. The van der Waals surface area contributed by atoms with Crippen LogP contribution < -0.4 is 5.73 Å². The molecule has 0 saturated carbocycles. The van der Waals surface area contributed by atoms with Gasteiger partial charge in [0.05, 0.1) is 23.6 Å². The number of alkyl halides is 3. The van der Waals surface area contributed by atoms with Crippen molar-refractivity contribution in [3.63, 3.8) is 0 Å². The number of fused-ring (bicyclic) bond motifs is 1. The fourth-order valence-electron chi connectivity index (χ4n) is 4.89. The zero-order chi connectivity index (χ0) is 29.8. The van der Waals surface area contributed by atoms with Crippen LogP contribution in [0.1, 0.15) is 25.0 Å². The molecular formula is C25H23Cl2F3N4O5S. The average molecular weight is 619 g/mol. The summed E-state index contributed by atoms with van der Waals surface area (Å²) in [4.78, 5) is 41.8. The number of hydrogen-bond donors (Lipinski definition) is 1. The third kappa shape index (κ3) is 5.04. The normalized spacial score (nSPS) is 22.6. The minimum Gasteiger partial charge on any atom is -0.366 e. The van der Waals surface area contributed by atoms with Crippen LogP contribution in [0.3, 0.4) is 0 Å². The highest BCUT2D eigenvalue weighted by atomic mass is 35.5. The number of carbonyl (C=O) groups is 3. The summed E-state index contributed by atoms with van der Waals surface area (Å²) >= 11 is 12.1. The van der Waals surface area contributed by atoms with Crippen LogP contribution >= 0.6 is 23.2 Å². The van der Waals surface area contributed by atoms with Crippen molar-refractivity contribution in [2.45, 2.75) is 49.1 Å². The van der Waals surface area contributed by atoms with Crippen molar-refractivity contribution >= 4 is 50.9 Å². The Hall–Kier alpha value is -2.87. The molecule has 0 bridgehead atoms. The van der Waals surface area contributed by atoms with E-state index in [2.05, 4.69) is 6.42 Å². The summed E-state index contributed by atoms with van der Waals surface area (Å²) in [6, 6.07) is 5.43. The van der Waals surface area contributed by atoms with Crippen LogP contribution in [0.5, 0.6) is 0 Å². The lowest BCUT2D eigenvalue weighted by Crippen LogP contribution is -2.83. The zero-order valence-electron chi connectivity index (χ0n) is 21.1. The second-order valence-electron chi connectivity index (χ2n) is 9.59. The Morgan fingerprint density at radius 1 is 1.15 bits per heavy atom. The largest absolute Gasteiger partial charge is 0.416 e. The number of piperazine rings is 1. The maximum absolute atomic E-state index is 13.9. The van der Waals surface area contributed by atoms with Crippen molar-refractivity contribution in [1.29, 1.82) is 0 Å². The minimum atomic E-state index is -4.67. The molecule has 2 fully saturated rings. The van der Waals surface area contributed by atoms with Gasteiger partial charge in [0.15, 0.2) is 0 Å². The predicted octanol–water partition coefficient (Wildman–Crippen LogP) is 2.97. The molecule has 3 amide bonds. The van der Waals surface area contributed by atoms with Gasteiger partial charge in [0.25, 0.3) is 5.91 Å². The molecule has 0 aliphatic carbocycles. The number of sulfonamides is 1. The summed E-state index contributed by atoms with van der Waals surface area (Å²) in [5.41, 5.74) is 2.75. The second-order valence-corrected chi connectivity index (χ2v) is 12.3. The molecule has 4 rings (SSSR count). The number of hydrogen-bond acceptors (Lipinski definition) is 5. The number of nitrogens with two attached hydrogens (primary N) is 1. The molecule has 40 heavy (non-hydrogen) atoms. The van der Waals surface area contributed by atoms with Crippen LogP contribution in [0.4, 0.5) is 13.2 Å². The summed E-state index contributed by atoms with van der Waals surface area (Å²) in [5.74, 6) is -2.85. The van der Waals surface area contributed by atoms with Gasteiger partial charge >= 0.3 is 6.18 Å². The third-order valence-electron chi connectivity index (χ3n) is 6.86. The first-order chi connectivity index (χ1) is 18.5.